The van der Waals surface area contributed by atoms with E-state index < -0.39 is 0 Å². The Morgan fingerprint density at radius 2 is 2.43 bits per heavy atom. The molecule has 0 aliphatic heterocycles. The number of anilines is 1. The highest BCUT2D eigenvalue weighted by Gasteiger charge is 2.04. The lowest BCUT2D eigenvalue weighted by atomic mass is 10.3. The molecular formula is C9H10ClIN2O. The molecule has 0 bridgehead atoms. The van der Waals surface area contributed by atoms with Crippen molar-refractivity contribution >= 4 is 40.0 Å². The molecule has 1 rings (SSSR count). The van der Waals surface area contributed by atoms with Crippen LogP contribution in [0, 0.1) is 3.57 Å². The van der Waals surface area contributed by atoms with Gasteiger partial charge in [0.1, 0.15) is 11.0 Å². The van der Waals surface area contributed by atoms with E-state index in [-0.39, 0.29) is 12.6 Å². The Bertz CT molecular complexity index is 312. The van der Waals surface area contributed by atoms with Gasteiger partial charge in [-0.2, -0.15) is 0 Å². The number of hydrogen-bond acceptors (Lipinski definition) is 3. The third-order valence-corrected chi connectivity index (χ3v) is 2.39. The van der Waals surface area contributed by atoms with Crippen molar-refractivity contribution < 1.29 is 5.11 Å². The van der Waals surface area contributed by atoms with Crippen LogP contribution in [0.15, 0.2) is 24.8 Å². The highest BCUT2D eigenvalue weighted by Crippen LogP contribution is 2.16. The molecule has 0 spiro atoms. The van der Waals surface area contributed by atoms with Crippen molar-refractivity contribution in [3.63, 3.8) is 0 Å². The van der Waals surface area contributed by atoms with E-state index >= 15 is 0 Å². The maximum Gasteiger partial charge on any atom is 0.132 e. The number of halogens is 2. The Balaban J connectivity index is 2.80. The van der Waals surface area contributed by atoms with Crippen molar-refractivity contribution in [1.82, 2.24) is 4.98 Å². The summed E-state index contributed by atoms with van der Waals surface area (Å²) in [5.74, 6) is 0.640. The molecule has 0 aromatic carbocycles. The third-order valence-electron chi connectivity index (χ3n) is 1.57. The van der Waals surface area contributed by atoms with Crippen molar-refractivity contribution in [1.29, 1.82) is 0 Å². The minimum absolute atomic E-state index is 0.0196. The average Bonchev–Trinajstić information content (AvgIpc) is 2.12. The minimum Gasteiger partial charge on any atom is -0.394 e. The first-order chi connectivity index (χ1) is 6.65. The zero-order chi connectivity index (χ0) is 10.6. The molecule has 0 saturated heterocycles. The number of nitrogens with zero attached hydrogens (tertiary/aromatic N) is 1. The number of aliphatic hydroxyl groups is 1. The molecule has 0 saturated carbocycles. The molecule has 0 unspecified atom stereocenters. The number of nitrogens with one attached hydrogen (secondary N) is 1. The smallest absolute Gasteiger partial charge is 0.132 e. The lowest BCUT2D eigenvalue weighted by molar-refractivity contribution is 0.290. The van der Waals surface area contributed by atoms with Crippen LogP contribution in [0.1, 0.15) is 0 Å². The normalized spacial score (nSPS) is 12.2. The highest BCUT2D eigenvalue weighted by atomic mass is 127. The van der Waals surface area contributed by atoms with Gasteiger partial charge in [-0.05, 0) is 34.7 Å². The van der Waals surface area contributed by atoms with Gasteiger partial charge in [0.05, 0.1) is 12.6 Å². The summed E-state index contributed by atoms with van der Waals surface area (Å²) in [5.41, 5.74) is 0. The second-order valence-corrected chi connectivity index (χ2v) is 4.30. The van der Waals surface area contributed by atoms with E-state index in [0.717, 1.165) is 3.57 Å². The summed E-state index contributed by atoms with van der Waals surface area (Å²) in [6, 6.07) is 3.41. The fourth-order valence-corrected chi connectivity index (χ4v) is 1.89. The number of aromatic nitrogens is 1. The topological polar surface area (TPSA) is 45.1 Å². The molecule has 0 aliphatic rings. The maximum atomic E-state index is 8.93. The van der Waals surface area contributed by atoms with Gasteiger partial charge in [0, 0.05) is 3.57 Å². The lowest BCUT2D eigenvalue weighted by Crippen LogP contribution is -2.21. The van der Waals surface area contributed by atoms with Crippen LogP contribution >= 0.6 is 34.2 Å². The molecule has 3 nitrogen and oxygen atoms in total. The van der Waals surface area contributed by atoms with Crippen LogP contribution in [-0.4, -0.2) is 22.7 Å². The Hall–Kier alpha value is -0.330. The summed E-state index contributed by atoms with van der Waals surface area (Å²) in [5, 5.41) is 12.4. The van der Waals surface area contributed by atoms with Crippen LogP contribution < -0.4 is 5.32 Å². The van der Waals surface area contributed by atoms with Gasteiger partial charge in [0.15, 0.2) is 0 Å². The molecule has 0 amide bonds. The Kier molecular flexibility index (Phi) is 4.64. The van der Waals surface area contributed by atoms with Crippen molar-refractivity contribution in [3.8, 4) is 0 Å². The van der Waals surface area contributed by atoms with Crippen molar-refractivity contribution in [2.75, 3.05) is 11.9 Å². The predicted molar refractivity (Wildman–Crippen MR) is 66.7 cm³/mol. The van der Waals surface area contributed by atoms with E-state index in [2.05, 4.69) is 39.5 Å². The molecule has 0 fully saturated rings. The largest absolute Gasteiger partial charge is 0.394 e. The second kappa shape index (κ2) is 5.53. The van der Waals surface area contributed by atoms with E-state index in [1.807, 2.05) is 6.07 Å². The van der Waals surface area contributed by atoms with Crippen LogP contribution in [0.5, 0.6) is 0 Å². The molecule has 76 valence electrons. The van der Waals surface area contributed by atoms with Crippen LogP contribution in [0.3, 0.4) is 0 Å². The van der Waals surface area contributed by atoms with Gasteiger partial charge in [-0.15, -0.1) is 6.58 Å². The first kappa shape index (κ1) is 11.7. The monoisotopic (exact) mass is 324 g/mol. The van der Waals surface area contributed by atoms with Gasteiger partial charge in [0.25, 0.3) is 0 Å². The molecule has 1 aromatic heterocycles. The van der Waals surface area contributed by atoms with E-state index in [0.29, 0.717) is 11.0 Å². The predicted octanol–water partition coefficient (Wildman–Crippen LogP) is 2.30. The van der Waals surface area contributed by atoms with E-state index in [4.69, 9.17) is 16.7 Å². The maximum absolute atomic E-state index is 8.93. The summed E-state index contributed by atoms with van der Waals surface area (Å²) in [6.07, 6.45) is 1.62. The molecule has 2 N–H and O–H groups in total. The molecule has 1 atom stereocenters. The SMILES string of the molecule is C=C[C@H](CO)Nc1cc(I)cc(Cl)n1. The quantitative estimate of drug-likeness (QED) is 0.507. The number of hydrogen-bond donors (Lipinski definition) is 2. The van der Waals surface area contributed by atoms with Crippen LogP contribution in [-0.2, 0) is 0 Å². The number of rotatable bonds is 4. The second-order valence-electron chi connectivity index (χ2n) is 2.66. The minimum atomic E-state index is -0.197. The summed E-state index contributed by atoms with van der Waals surface area (Å²) >= 11 is 7.92. The van der Waals surface area contributed by atoms with Crippen molar-refractivity contribution in [2.24, 2.45) is 0 Å². The van der Waals surface area contributed by atoms with Crippen molar-refractivity contribution in [2.45, 2.75) is 6.04 Å². The summed E-state index contributed by atoms with van der Waals surface area (Å²) < 4.78 is 0.992. The van der Waals surface area contributed by atoms with Gasteiger partial charge in [-0.3, -0.25) is 0 Å². The van der Waals surface area contributed by atoms with Crippen LogP contribution in [0.2, 0.25) is 5.15 Å². The van der Waals surface area contributed by atoms with Gasteiger partial charge < -0.3 is 10.4 Å². The van der Waals surface area contributed by atoms with Crippen molar-refractivity contribution in [3.05, 3.63) is 33.5 Å². The van der Waals surface area contributed by atoms with Gasteiger partial charge >= 0.3 is 0 Å². The standard InChI is InChI=1S/C9H10ClIN2O/c1-2-7(5-14)12-9-4-6(11)3-8(10)13-9/h2-4,7,14H,1,5H2,(H,12,13)/t7-/m1/s1. The Labute approximate surface area is 101 Å². The Morgan fingerprint density at radius 3 is 2.93 bits per heavy atom. The zero-order valence-electron chi connectivity index (χ0n) is 7.37. The van der Waals surface area contributed by atoms with Crippen LogP contribution in [0.4, 0.5) is 5.82 Å². The molecule has 0 radical (unpaired) electrons. The fourth-order valence-electron chi connectivity index (χ4n) is 0.909. The van der Waals surface area contributed by atoms with Gasteiger partial charge in [0.2, 0.25) is 0 Å². The van der Waals surface area contributed by atoms with Gasteiger partial charge in [-0.1, -0.05) is 17.7 Å². The first-order valence-electron chi connectivity index (χ1n) is 3.98. The lowest BCUT2D eigenvalue weighted by Gasteiger charge is -2.12. The first-order valence-corrected chi connectivity index (χ1v) is 5.44. The van der Waals surface area contributed by atoms with Crippen LogP contribution in [0.25, 0.3) is 0 Å². The number of aliphatic hydroxyl groups excluding tert-OH is 1. The Morgan fingerprint density at radius 1 is 1.71 bits per heavy atom. The fraction of sp³-hybridized carbons (Fsp3) is 0.222. The van der Waals surface area contributed by atoms with E-state index in [9.17, 15) is 0 Å². The molecular weight excluding hydrogens is 314 g/mol. The van der Waals surface area contributed by atoms with Gasteiger partial charge in [-0.25, -0.2) is 4.98 Å². The number of pyridine rings is 1. The van der Waals surface area contributed by atoms with E-state index in [1.54, 1.807) is 12.1 Å². The molecule has 0 aliphatic carbocycles. The third kappa shape index (κ3) is 3.43. The highest BCUT2D eigenvalue weighted by molar-refractivity contribution is 14.1. The summed E-state index contributed by atoms with van der Waals surface area (Å²) in [4.78, 5) is 4.06. The summed E-state index contributed by atoms with van der Waals surface area (Å²) in [7, 11) is 0. The molecule has 1 heterocycles. The summed E-state index contributed by atoms with van der Waals surface area (Å²) in [6.45, 7) is 3.57. The molecule has 14 heavy (non-hydrogen) atoms. The zero-order valence-corrected chi connectivity index (χ0v) is 10.3. The molecule has 5 heteroatoms. The average molecular weight is 325 g/mol. The van der Waals surface area contributed by atoms with E-state index in [1.165, 1.54) is 0 Å². The molecule has 1 aromatic rings.